The van der Waals surface area contributed by atoms with Gasteiger partial charge in [0, 0.05) is 5.56 Å². The van der Waals surface area contributed by atoms with Gasteiger partial charge in [-0.1, -0.05) is 68.7 Å². The first kappa shape index (κ1) is 16.6. The quantitative estimate of drug-likeness (QED) is 0.432. The van der Waals surface area contributed by atoms with Crippen LogP contribution in [-0.2, 0) is 6.42 Å². The van der Waals surface area contributed by atoms with Crippen LogP contribution in [0.1, 0.15) is 38.2 Å². The molecule has 0 bridgehead atoms. The number of unbranched alkanes of at least 4 members (excludes halogenated alkanes) is 3. The molecule has 0 unspecified atom stereocenters. The van der Waals surface area contributed by atoms with E-state index in [1.807, 2.05) is 18.2 Å². The molecule has 0 aliphatic carbocycles. The van der Waals surface area contributed by atoms with Crippen LogP contribution in [0.4, 0.5) is 8.78 Å². The molecule has 0 nitrogen and oxygen atoms in total. The summed E-state index contributed by atoms with van der Waals surface area (Å²) in [7, 11) is 0. The van der Waals surface area contributed by atoms with Crippen LogP contribution in [0, 0.1) is 11.6 Å². The first-order chi connectivity index (χ1) is 11.7. The zero-order chi connectivity index (χ0) is 16.9. The van der Waals surface area contributed by atoms with Crippen molar-refractivity contribution in [2.45, 2.75) is 39.0 Å². The van der Waals surface area contributed by atoms with Crippen LogP contribution in [0.5, 0.6) is 0 Å². The van der Waals surface area contributed by atoms with Crippen molar-refractivity contribution in [1.29, 1.82) is 0 Å². The van der Waals surface area contributed by atoms with Gasteiger partial charge in [0.05, 0.1) is 0 Å². The van der Waals surface area contributed by atoms with Crippen LogP contribution >= 0.6 is 0 Å². The SMILES string of the molecule is CCCCCCc1ccc2cc(-c3cccc(F)c3F)ccc2c1. The maximum atomic E-state index is 14.0. The van der Waals surface area contributed by atoms with E-state index >= 15 is 0 Å². The van der Waals surface area contributed by atoms with Gasteiger partial charge in [-0.25, -0.2) is 8.78 Å². The van der Waals surface area contributed by atoms with Gasteiger partial charge in [0.15, 0.2) is 11.6 Å². The van der Waals surface area contributed by atoms with Crippen molar-refractivity contribution >= 4 is 10.8 Å². The summed E-state index contributed by atoms with van der Waals surface area (Å²) in [6.45, 7) is 2.22. The molecule has 3 rings (SSSR count). The Morgan fingerprint density at radius 1 is 0.792 bits per heavy atom. The smallest absolute Gasteiger partial charge is 0.166 e. The van der Waals surface area contributed by atoms with Gasteiger partial charge in [0.2, 0.25) is 0 Å². The molecule has 2 heteroatoms. The first-order valence-corrected chi connectivity index (χ1v) is 8.66. The summed E-state index contributed by atoms with van der Waals surface area (Å²) in [4.78, 5) is 0. The van der Waals surface area contributed by atoms with Gasteiger partial charge < -0.3 is 0 Å². The van der Waals surface area contributed by atoms with E-state index in [4.69, 9.17) is 0 Å². The lowest BCUT2D eigenvalue weighted by Gasteiger charge is -2.08. The Hall–Kier alpha value is -2.22. The van der Waals surface area contributed by atoms with Crippen molar-refractivity contribution in [3.8, 4) is 11.1 Å². The van der Waals surface area contributed by atoms with Crippen molar-refractivity contribution in [2.24, 2.45) is 0 Å². The van der Waals surface area contributed by atoms with E-state index < -0.39 is 11.6 Å². The average molecular weight is 324 g/mol. The van der Waals surface area contributed by atoms with Crippen molar-refractivity contribution < 1.29 is 8.78 Å². The van der Waals surface area contributed by atoms with Crippen LogP contribution in [0.25, 0.3) is 21.9 Å². The Balaban J connectivity index is 1.85. The van der Waals surface area contributed by atoms with Crippen LogP contribution in [0.2, 0.25) is 0 Å². The van der Waals surface area contributed by atoms with Crippen LogP contribution < -0.4 is 0 Å². The highest BCUT2D eigenvalue weighted by molar-refractivity contribution is 5.88. The second-order valence-electron chi connectivity index (χ2n) is 6.31. The van der Waals surface area contributed by atoms with E-state index in [0.717, 1.165) is 23.3 Å². The number of hydrogen-bond acceptors (Lipinski definition) is 0. The van der Waals surface area contributed by atoms with Gasteiger partial charge in [0.25, 0.3) is 0 Å². The van der Waals surface area contributed by atoms with Gasteiger partial charge in [0.1, 0.15) is 0 Å². The second kappa shape index (κ2) is 7.57. The molecule has 0 radical (unpaired) electrons. The van der Waals surface area contributed by atoms with Gasteiger partial charge >= 0.3 is 0 Å². The molecule has 0 saturated heterocycles. The molecular weight excluding hydrogens is 302 g/mol. The Labute approximate surface area is 142 Å². The second-order valence-corrected chi connectivity index (χ2v) is 6.31. The third-order valence-corrected chi connectivity index (χ3v) is 4.49. The highest BCUT2D eigenvalue weighted by Gasteiger charge is 2.10. The number of benzene rings is 3. The summed E-state index contributed by atoms with van der Waals surface area (Å²) < 4.78 is 27.4. The van der Waals surface area contributed by atoms with Gasteiger partial charge in [-0.3, -0.25) is 0 Å². The fourth-order valence-electron chi connectivity index (χ4n) is 3.10. The lowest BCUT2D eigenvalue weighted by atomic mass is 9.98. The number of fused-ring (bicyclic) bond motifs is 1. The predicted octanol–water partition coefficient (Wildman–Crippen LogP) is 6.91. The molecule has 0 saturated carbocycles. The molecule has 0 aliphatic rings. The average Bonchev–Trinajstić information content (AvgIpc) is 2.60. The van der Waals surface area contributed by atoms with Crippen molar-refractivity contribution in [3.05, 3.63) is 71.8 Å². The van der Waals surface area contributed by atoms with Gasteiger partial charge in [-0.15, -0.1) is 0 Å². The molecule has 0 amide bonds. The largest absolute Gasteiger partial charge is 0.204 e. The molecule has 3 aromatic carbocycles. The summed E-state index contributed by atoms with van der Waals surface area (Å²) in [6.07, 6.45) is 6.11. The molecule has 0 atom stereocenters. The van der Waals surface area contributed by atoms with E-state index in [9.17, 15) is 8.78 Å². The molecule has 0 N–H and O–H groups in total. The molecule has 124 valence electrons. The monoisotopic (exact) mass is 324 g/mol. The van der Waals surface area contributed by atoms with Gasteiger partial charge in [-0.05, 0) is 46.9 Å². The number of rotatable bonds is 6. The molecular formula is C22H22F2. The molecule has 24 heavy (non-hydrogen) atoms. The molecule has 0 aromatic heterocycles. The van der Waals surface area contributed by atoms with Crippen LogP contribution in [0.3, 0.4) is 0 Å². The number of halogens is 2. The fourth-order valence-corrected chi connectivity index (χ4v) is 3.10. The Morgan fingerprint density at radius 3 is 2.42 bits per heavy atom. The number of aryl methyl sites for hydroxylation is 1. The molecule has 0 spiro atoms. The molecule has 0 heterocycles. The zero-order valence-corrected chi connectivity index (χ0v) is 14.0. The van der Waals surface area contributed by atoms with Crippen LogP contribution in [-0.4, -0.2) is 0 Å². The summed E-state index contributed by atoms with van der Waals surface area (Å²) in [6, 6.07) is 16.5. The maximum Gasteiger partial charge on any atom is 0.166 e. The molecule has 0 fully saturated rings. The minimum absolute atomic E-state index is 0.306. The molecule has 3 aromatic rings. The van der Waals surface area contributed by atoms with E-state index in [-0.39, 0.29) is 0 Å². The Kier molecular flexibility index (Phi) is 5.24. The third-order valence-electron chi connectivity index (χ3n) is 4.49. The fraction of sp³-hybridized carbons (Fsp3) is 0.273. The Bertz CT molecular complexity index is 836. The normalized spacial score (nSPS) is 11.1. The summed E-state index contributed by atoms with van der Waals surface area (Å²) in [5.74, 6) is -1.60. The standard InChI is InChI=1S/C22H22F2/c1-2-3-4-5-7-16-10-11-18-15-19(13-12-17(18)14-16)20-8-6-9-21(23)22(20)24/h6,8-15H,2-5,7H2,1H3. The topological polar surface area (TPSA) is 0 Å². The predicted molar refractivity (Wildman–Crippen MR) is 97.1 cm³/mol. The van der Waals surface area contributed by atoms with Gasteiger partial charge in [-0.2, -0.15) is 0 Å². The Morgan fingerprint density at radius 2 is 1.58 bits per heavy atom. The first-order valence-electron chi connectivity index (χ1n) is 8.66. The lowest BCUT2D eigenvalue weighted by molar-refractivity contribution is 0.511. The minimum Gasteiger partial charge on any atom is -0.204 e. The zero-order valence-electron chi connectivity index (χ0n) is 14.0. The number of hydrogen-bond donors (Lipinski definition) is 0. The van der Waals surface area contributed by atoms with E-state index in [0.29, 0.717) is 11.1 Å². The third kappa shape index (κ3) is 3.64. The lowest BCUT2D eigenvalue weighted by Crippen LogP contribution is -1.90. The van der Waals surface area contributed by atoms with Crippen molar-refractivity contribution in [2.75, 3.05) is 0 Å². The highest BCUT2D eigenvalue weighted by Crippen LogP contribution is 2.28. The minimum atomic E-state index is -0.810. The highest BCUT2D eigenvalue weighted by atomic mass is 19.2. The van der Waals surface area contributed by atoms with Crippen LogP contribution in [0.15, 0.2) is 54.6 Å². The summed E-state index contributed by atoms with van der Waals surface area (Å²) >= 11 is 0. The van der Waals surface area contributed by atoms with E-state index in [1.54, 1.807) is 6.07 Å². The van der Waals surface area contributed by atoms with Crippen molar-refractivity contribution in [1.82, 2.24) is 0 Å². The molecule has 0 aliphatic heterocycles. The van der Waals surface area contributed by atoms with Crippen molar-refractivity contribution in [3.63, 3.8) is 0 Å². The van der Waals surface area contributed by atoms with E-state index in [1.165, 1.54) is 37.3 Å². The summed E-state index contributed by atoms with van der Waals surface area (Å²) in [5, 5.41) is 2.19. The summed E-state index contributed by atoms with van der Waals surface area (Å²) in [5.41, 5.74) is 2.35. The van der Waals surface area contributed by atoms with E-state index in [2.05, 4.69) is 25.1 Å². The maximum absolute atomic E-state index is 14.0.